The highest BCUT2D eigenvalue weighted by atomic mass is 19.1. The predicted octanol–water partition coefficient (Wildman–Crippen LogP) is 1.14. The molecule has 4 heavy (non-hydrogen) atoms. The van der Waals surface area contributed by atoms with E-state index in [9.17, 15) is 4.39 Å². The van der Waals surface area contributed by atoms with Crippen LogP contribution in [0.3, 0.4) is 0 Å². The number of rotatable bonds is 1. The smallest absolute Gasteiger partial charge is 0.107 e. The van der Waals surface area contributed by atoms with Gasteiger partial charge in [0.15, 0.2) is 0 Å². The first-order chi connectivity index (χ1) is 3.85. The van der Waals surface area contributed by atoms with Gasteiger partial charge >= 0.3 is 0 Å². The lowest BCUT2D eigenvalue weighted by Crippen LogP contribution is -1.48. The number of alkyl halides is 1. The summed E-state index contributed by atoms with van der Waals surface area (Å²) >= 11 is 0. The van der Waals surface area contributed by atoms with Crippen molar-refractivity contribution in [2.24, 2.45) is 0 Å². The van der Waals surface area contributed by atoms with Crippen LogP contribution in [0.4, 0.5) is 4.39 Å². The van der Waals surface area contributed by atoms with Crippen molar-refractivity contribution in [3.8, 4) is 0 Å². The van der Waals surface area contributed by atoms with Gasteiger partial charge in [0, 0.05) is 0 Å². The number of halogens is 1. The molecule has 0 amide bonds. The van der Waals surface area contributed by atoms with Crippen LogP contribution in [0.25, 0.3) is 0 Å². The second kappa shape index (κ2) is 2.67. The van der Waals surface area contributed by atoms with Crippen LogP contribution in [-0.4, -0.2) is 6.63 Å². The van der Waals surface area contributed by atoms with E-state index in [-0.39, 0.29) is 0 Å². The van der Waals surface area contributed by atoms with Crippen LogP contribution in [0.5, 0.6) is 0 Å². The number of hydrogen-bond donors (Lipinski definition) is 0. The van der Waals surface area contributed by atoms with Crippen LogP contribution in [0.15, 0.2) is 12.6 Å². The molecule has 0 fully saturated rings. The minimum absolute atomic E-state index is 1.14. The minimum atomic E-state index is -3.35. The van der Waals surface area contributed by atoms with Gasteiger partial charge < -0.3 is 0 Å². The van der Waals surface area contributed by atoms with Gasteiger partial charge in [-0.25, -0.2) is 4.39 Å². The zero-order valence-corrected chi connectivity index (χ0v) is 1.88. The molecule has 0 saturated heterocycles. The summed E-state index contributed by atoms with van der Waals surface area (Å²) in [5.41, 5.74) is 0. The normalized spacial score (nSPS) is 26.8. The van der Waals surface area contributed by atoms with Crippen molar-refractivity contribution >= 4 is 0 Å². The number of hydrogen-bond acceptors (Lipinski definition) is 0. The van der Waals surface area contributed by atoms with Gasteiger partial charge in [0.05, 0.1) is 6.85 Å². The highest BCUT2D eigenvalue weighted by Crippen LogP contribution is 1.58. The fourth-order valence-electron chi connectivity index (χ4n) is 0. The zero-order valence-electron chi connectivity index (χ0n) is 6.88. The molecule has 0 atom stereocenters. The molecule has 0 unspecified atom stereocenters. The summed E-state index contributed by atoms with van der Waals surface area (Å²) in [6.07, 6.45) is 0. The Balaban J connectivity index is 4.40. The van der Waals surface area contributed by atoms with E-state index >= 15 is 0 Å². The second-order valence-electron chi connectivity index (χ2n) is 0.219. The van der Waals surface area contributed by atoms with Crippen LogP contribution in [0.1, 0.15) is 6.85 Å². The molecule has 0 aliphatic carbocycles. The molecule has 0 aromatic heterocycles. The molecule has 0 rings (SSSR count). The molecule has 0 aliphatic rings. The van der Waals surface area contributed by atoms with Crippen molar-refractivity contribution < 1.29 is 11.2 Å². The Morgan fingerprint density at radius 3 is 3.75 bits per heavy atom. The van der Waals surface area contributed by atoms with Crippen molar-refractivity contribution in [2.75, 3.05) is 6.63 Å². The highest BCUT2D eigenvalue weighted by Gasteiger charge is 1.49. The van der Waals surface area contributed by atoms with Crippen molar-refractivity contribution in [1.29, 1.82) is 0 Å². The van der Waals surface area contributed by atoms with E-state index < -0.39 is 19.2 Å². The van der Waals surface area contributed by atoms with Gasteiger partial charge in [-0.1, -0.05) is 6.05 Å². The Bertz CT molecular complexity index is 130. The fourth-order valence-corrected chi connectivity index (χ4v) is 0. The summed E-state index contributed by atoms with van der Waals surface area (Å²) in [5, 5.41) is 0. The van der Waals surface area contributed by atoms with E-state index in [4.69, 9.17) is 6.85 Å². The minimum Gasteiger partial charge on any atom is -0.247 e. The molecule has 0 saturated carbocycles. The first-order valence-corrected chi connectivity index (χ1v) is 0.689. The van der Waals surface area contributed by atoms with Crippen LogP contribution in [-0.2, 0) is 0 Å². The first-order valence-electron chi connectivity index (χ1n) is 3.19. The monoisotopic (exact) mass is 65.1 g/mol. The molecular weight excluding hydrogens is 55.0 g/mol. The molecule has 1 heteroatoms. The lowest BCUT2D eigenvalue weighted by molar-refractivity contribution is 0.562. The Labute approximate surface area is 32.0 Å². The molecular formula is C3H5F. The van der Waals surface area contributed by atoms with Gasteiger partial charge in [-0.3, -0.25) is 0 Å². The van der Waals surface area contributed by atoms with E-state index in [0.29, 0.717) is 0 Å². The third kappa shape index (κ3) is 1.67. The van der Waals surface area contributed by atoms with Crippen molar-refractivity contribution in [2.45, 2.75) is 0 Å². The molecule has 0 nitrogen and oxygen atoms in total. The molecule has 0 aliphatic heterocycles. The summed E-state index contributed by atoms with van der Waals surface area (Å²) in [5.74, 6) is 0. The first kappa shape index (κ1) is 0.445. The fraction of sp³-hybridized carbons (Fsp3) is 0.333. The maximum atomic E-state index is 11.9. The Kier molecular flexibility index (Phi) is 0.297. The Hall–Kier alpha value is -0.330. The topological polar surface area (TPSA) is 0 Å². The number of allylic oxidation sites excluding steroid dienone is 1. The molecule has 0 radical (unpaired) electrons. The van der Waals surface area contributed by atoms with E-state index in [2.05, 4.69) is 0 Å². The highest BCUT2D eigenvalue weighted by molar-refractivity contribution is 4.61. The van der Waals surface area contributed by atoms with Crippen molar-refractivity contribution in [3.63, 3.8) is 0 Å². The zero-order chi connectivity index (χ0) is 7.65. The van der Waals surface area contributed by atoms with E-state index in [1.807, 2.05) is 0 Å². The van der Waals surface area contributed by atoms with Crippen LogP contribution in [0.2, 0.25) is 0 Å². The quantitative estimate of drug-likeness (QED) is 0.402. The van der Waals surface area contributed by atoms with E-state index in [0.717, 1.165) is 0 Å². The summed E-state index contributed by atoms with van der Waals surface area (Å²) in [4.78, 5) is 0. The van der Waals surface area contributed by atoms with Gasteiger partial charge in [0.1, 0.15) is 6.63 Å². The Morgan fingerprint density at radius 2 is 3.75 bits per heavy atom. The van der Waals surface area contributed by atoms with Crippen LogP contribution < -0.4 is 0 Å². The largest absolute Gasteiger partial charge is 0.247 e. The van der Waals surface area contributed by atoms with E-state index in [1.54, 1.807) is 0 Å². The molecule has 24 valence electrons. The van der Waals surface area contributed by atoms with Crippen molar-refractivity contribution in [1.82, 2.24) is 0 Å². The summed E-state index contributed by atoms with van der Waals surface area (Å²) in [6.45, 7) is -4.48. The average Bonchev–Trinajstić information content (AvgIpc) is 1.62. The van der Waals surface area contributed by atoms with Gasteiger partial charge in [-0.05, 0) is 0 Å². The van der Waals surface area contributed by atoms with Crippen LogP contribution in [0, 0.1) is 0 Å². The molecule has 0 aromatic rings. The summed E-state index contributed by atoms with van der Waals surface area (Å²) in [6, 6.07) is -1.25. The standard InChI is InChI=1S/C3H5F/c1-2-3-4/h2H,1,3H2/i1D2,2D,3D2. The molecule has 0 aromatic carbocycles. The predicted molar refractivity (Wildman–Crippen MR) is 16.2 cm³/mol. The third-order valence-corrected chi connectivity index (χ3v) is 0.0472. The van der Waals surface area contributed by atoms with Crippen molar-refractivity contribution in [3.05, 3.63) is 12.6 Å². The molecule has 0 heterocycles. The lowest BCUT2D eigenvalue weighted by Gasteiger charge is -1.54. The van der Waals surface area contributed by atoms with E-state index in [1.165, 1.54) is 0 Å². The molecule has 0 spiro atoms. The summed E-state index contributed by atoms with van der Waals surface area (Å²) < 4.78 is 43.3. The molecule has 0 N–H and O–H groups in total. The maximum Gasteiger partial charge on any atom is 0.107 e. The molecule has 0 bridgehead atoms. The SMILES string of the molecule is [2H]C([2H])=C([2H])C([2H])([2H])F. The second-order valence-corrected chi connectivity index (χ2v) is 0.219. The Morgan fingerprint density at radius 1 is 3.00 bits per heavy atom. The average molecular weight is 65.1 g/mol. The van der Waals surface area contributed by atoms with Gasteiger partial charge in [0.25, 0.3) is 0 Å². The van der Waals surface area contributed by atoms with Gasteiger partial charge in [-0.15, -0.1) is 6.53 Å². The summed E-state index contributed by atoms with van der Waals surface area (Å²) in [7, 11) is 0. The van der Waals surface area contributed by atoms with Crippen LogP contribution >= 0.6 is 0 Å². The maximum absolute atomic E-state index is 11.9. The third-order valence-electron chi connectivity index (χ3n) is 0.0472. The van der Waals surface area contributed by atoms with Gasteiger partial charge in [0.2, 0.25) is 0 Å². The lowest BCUT2D eigenvalue weighted by atomic mass is 10.7. The van der Waals surface area contributed by atoms with Gasteiger partial charge in [-0.2, -0.15) is 0 Å².